The number of rotatable bonds is 9. The van der Waals surface area contributed by atoms with Gasteiger partial charge >= 0.3 is 0 Å². The number of nitrogens with zero attached hydrogens (tertiary/aromatic N) is 3. The summed E-state index contributed by atoms with van der Waals surface area (Å²) in [5.74, 6) is 1.82. The molecule has 180 valence electrons. The standard InChI is InChI=1S/C24H25Cl2FN4O2S/c25-18-6-1-4-16(12-18)23-29-22(33-30-23)14-31-10-3-5-17(13-31)24(32)28-9-11-34-15-19-20(26)7-2-8-21(19)27/h1-2,4,6-8,12,17H,3,5,9-11,13-15H2,(H,28,32). The molecule has 0 spiro atoms. The molecular weight excluding hydrogens is 498 g/mol. The molecular formula is C24H25Cl2FN4O2S. The van der Waals surface area contributed by atoms with E-state index < -0.39 is 0 Å². The van der Waals surface area contributed by atoms with Crippen LogP contribution >= 0.6 is 35.0 Å². The molecule has 0 aliphatic carbocycles. The smallest absolute Gasteiger partial charge is 0.241 e. The average molecular weight is 523 g/mol. The van der Waals surface area contributed by atoms with Crippen LogP contribution in [-0.2, 0) is 17.1 Å². The summed E-state index contributed by atoms with van der Waals surface area (Å²) in [6, 6.07) is 12.0. The molecule has 1 fully saturated rings. The van der Waals surface area contributed by atoms with Crippen molar-refractivity contribution in [3.05, 3.63) is 69.8 Å². The molecule has 1 atom stereocenters. The monoisotopic (exact) mass is 522 g/mol. The lowest BCUT2D eigenvalue weighted by Crippen LogP contribution is -2.43. The summed E-state index contributed by atoms with van der Waals surface area (Å²) in [7, 11) is 0. The first-order valence-corrected chi connectivity index (χ1v) is 13.0. The number of piperidine rings is 1. The minimum atomic E-state index is -0.299. The minimum absolute atomic E-state index is 0.0411. The van der Waals surface area contributed by atoms with Crippen LogP contribution in [0.1, 0.15) is 24.3 Å². The van der Waals surface area contributed by atoms with E-state index >= 15 is 0 Å². The lowest BCUT2D eigenvalue weighted by Gasteiger charge is -2.30. The highest BCUT2D eigenvalue weighted by molar-refractivity contribution is 7.98. The molecule has 0 radical (unpaired) electrons. The van der Waals surface area contributed by atoms with Crippen molar-refractivity contribution in [2.75, 3.05) is 25.4 Å². The quantitative estimate of drug-likeness (QED) is 0.377. The van der Waals surface area contributed by atoms with Crippen molar-refractivity contribution < 1.29 is 13.7 Å². The number of nitrogens with one attached hydrogen (secondary N) is 1. The van der Waals surface area contributed by atoms with Gasteiger partial charge in [0.25, 0.3) is 0 Å². The van der Waals surface area contributed by atoms with Crippen molar-refractivity contribution in [3.8, 4) is 11.4 Å². The lowest BCUT2D eigenvalue weighted by molar-refractivity contribution is -0.126. The van der Waals surface area contributed by atoms with E-state index in [1.165, 1.54) is 6.07 Å². The zero-order valence-corrected chi connectivity index (χ0v) is 20.8. The van der Waals surface area contributed by atoms with E-state index in [0.29, 0.717) is 58.5 Å². The van der Waals surface area contributed by atoms with E-state index in [4.69, 9.17) is 27.7 Å². The Morgan fingerprint density at radius 2 is 2.12 bits per heavy atom. The van der Waals surface area contributed by atoms with Crippen molar-refractivity contribution in [2.45, 2.75) is 25.1 Å². The maximum Gasteiger partial charge on any atom is 0.241 e. The first-order chi connectivity index (χ1) is 16.5. The Morgan fingerprint density at radius 1 is 1.26 bits per heavy atom. The van der Waals surface area contributed by atoms with Crippen molar-refractivity contribution in [2.24, 2.45) is 5.92 Å². The molecule has 2 heterocycles. The van der Waals surface area contributed by atoms with E-state index in [9.17, 15) is 9.18 Å². The van der Waals surface area contributed by atoms with Crippen LogP contribution in [0.3, 0.4) is 0 Å². The first-order valence-electron chi connectivity index (χ1n) is 11.1. The van der Waals surface area contributed by atoms with Crippen molar-refractivity contribution in [1.29, 1.82) is 0 Å². The fourth-order valence-corrected chi connectivity index (χ4v) is 5.29. The normalized spacial score (nSPS) is 16.5. The third-order valence-electron chi connectivity index (χ3n) is 5.64. The van der Waals surface area contributed by atoms with E-state index in [-0.39, 0.29) is 17.6 Å². The van der Waals surface area contributed by atoms with Crippen LogP contribution in [0.5, 0.6) is 0 Å². The van der Waals surface area contributed by atoms with Crippen LogP contribution in [0.2, 0.25) is 10.0 Å². The number of hydrogen-bond donors (Lipinski definition) is 1. The molecule has 1 aliphatic rings. The predicted molar refractivity (Wildman–Crippen MR) is 133 cm³/mol. The molecule has 2 aromatic carbocycles. The van der Waals surface area contributed by atoms with Crippen LogP contribution < -0.4 is 5.32 Å². The van der Waals surface area contributed by atoms with Gasteiger partial charge in [-0.3, -0.25) is 9.69 Å². The van der Waals surface area contributed by atoms with E-state index in [2.05, 4.69) is 20.4 Å². The van der Waals surface area contributed by atoms with Crippen molar-refractivity contribution in [3.63, 3.8) is 0 Å². The van der Waals surface area contributed by atoms with Crippen molar-refractivity contribution >= 4 is 40.9 Å². The van der Waals surface area contributed by atoms with Gasteiger partial charge in [0.05, 0.1) is 12.5 Å². The number of benzene rings is 2. The van der Waals surface area contributed by atoms with Gasteiger partial charge in [0.1, 0.15) is 5.82 Å². The molecule has 1 unspecified atom stereocenters. The zero-order valence-electron chi connectivity index (χ0n) is 18.5. The van der Waals surface area contributed by atoms with Crippen LogP contribution in [0.4, 0.5) is 4.39 Å². The van der Waals surface area contributed by atoms with Crippen LogP contribution in [0.25, 0.3) is 11.4 Å². The van der Waals surface area contributed by atoms with Crippen LogP contribution in [-0.4, -0.2) is 46.3 Å². The SMILES string of the molecule is O=C(NCCSCc1c(F)cccc1Cl)C1CCCN(Cc2nc(-c3cccc(Cl)c3)no2)C1. The number of amides is 1. The Labute approximate surface area is 212 Å². The zero-order chi connectivity index (χ0) is 23.9. The summed E-state index contributed by atoms with van der Waals surface area (Å²) < 4.78 is 19.3. The maximum atomic E-state index is 13.8. The van der Waals surface area contributed by atoms with Gasteiger partial charge in [-0.1, -0.05) is 46.6 Å². The number of hydrogen-bond acceptors (Lipinski definition) is 6. The topological polar surface area (TPSA) is 71.3 Å². The third kappa shape index (κ3) is 6.72. The molecule has 10 heteroatoms. The number of likely N-dealkylation sites (tertiary alicyclic amines) is 1. The molecule has 1 aliphatic heterocycles. The van der Waals surface area contributed by atoms with Crippen LogP contribution in [0, 0.1) is 11.7 Å². The Kier molecular flexibility index (Phi) is 8.83. The van der Waals surface area contributed by atoms with Gasteiger partial charge in [-0.2, -0.15) is 16.7 Å². The summed E-state index contributed by atoms with van der Waals surface area (Å²) >= 11 is 13.6. The van der Waals surface area contributed by atoms with Gasteiger partial charge in [0.2, 0.25) is 17.6 Å². The van der Waals surface area contributed by atoms with Gasteiger partial charge in [-0.15, -0.1) is 0 Å². The summed E-state index contributed by atoms with van der Waals surface area (Å²) in [6.07, 6.45) is 1.77. The highest BCUT2D eigenvalue weighted by Gasteiger charge is 2.26. The summed E-state index contributed by atoms with van der Waals surface area (Å²) in [4.78, 5) is 19.3. The molecule has 4 rings (SSSR count). The largest absolute Gasteiger partial charge is 0.355 e. The average Bonchev–Trinajstić information content (AvgIpc) is 3.29. The second-order valence-corrected chi connectivity index (χ2v) is 10.1. The summed E-state index contributed by atoms with van der Waals surface area (Å²) in [5, 5.41) is 8.10. The maximum absolute atomic E-state index is 13.8. The molecule has 1 N–H and O–H groups in total. The number of halogens is 3. The lowest BCUT2D eigenvalue weighted by atomic mass is 9.97. The second kappa shape index (κ2) is 12.0. The van der Waals surface area contributed by atoms with Gasteiger partial charge in [0.15, 0.2) is 0 Å². The Balaban J connectivity index is 1.21. The van der Waals surface area contributed by atoms with Gasteiger partial charge in [0, 0.05) is 45.8 Å². The van der Waals surface area contributed by atoms with Gasteiger partial charge < -0.3 is 9.84 Å². The van der Waals surface area contributed by atoms with E-state index in [0.717, 1.165) is 24.9 Å². The number of carbonyl (C=O) groups excluding carboxylic acids is 1. The highest BCUT2D eigenvalue weighted by Crippen LogP contribution is 2.24. The molecule has 3 aromatic rings. The molecule has 34 heavy (non-hydrogen) atoms. The summed E-state index contributed by atoms with van der Waals surface area (Å²) in [5.41, 5.74) is 1.30. The highest BCUT2D eigenvalue weighted by atomic mass is 35.5. The molecule has 0 saturated carbocycles. The Morgan fingerprint density at radius 3 is 2.94 bits per heavy atom. The Hall–Kier alpha value is -2.13. The number of aromatic nitrogens is 2. The molecule has 1 amide bonds. The minimum Gasteiger partial charge on any atom is -0.355 e. The third-order valence-corrected chi connectivity index (χ3v) is 7.21. The molecule has 0 bridgehead atoms. The first kappa shape index (κ1) is 25.0. The molecule has 1 saturated heterocycles. The number of thioether (sulfide) groups is 1. The summed E-state index contributed by atoms with van der Waals surface area (Å²) in [6.45, 7) is 2.53. The van der Waals surface area contributed by atoms with E-state index in [1.54, 1.807) is 36.0 Å². The van der Waals surface area contributed by atoms with E-state index in [1.807, 2.05) is 12.1 Å². The van der Waals surface area contributed by atoms with Crippen LogP contribution in [0.15, 0.2) is 47.0 Å². The molecule has 6 nitrogen and oxygen atoms in total. The predicted octanol–water partition coefficient (Wildman–Crippen LogP) is 5.44. The number of carbonyl (C=O) groups is 1. The fraction of sp³-hybridized carbons (Fsp3) is 0.375. The second-order valence-electron chi connectivity index (χ2n) is 8.14. The van der Waals surface area contributed by atoms with Gasteiger partial charge in [-0.05, 0) is 43.7 Å². The van der Waals surface area contributed by atoms with Gasteiger partial charge in [-0.25, -0.2) is 4.39 Å². The molecule has 1 aromatic heterocycles. The fourth-order valence-electron chi connectivity index (χ4n) is 3.90. The Bertz CT molecular complexity index is 1110. The van der Waals surface area contributed by atoms with Crippen molar-refractivity contribution in [1.82, 2.24) is 20.4 Å².